The number of carbonyl (C=O) groups excluding carboxylic acids is 1. The molecule has 1 fully saturated rings. The van der Waals surface area contributed by atoms with Crippen molar-refractivity contribution in [3.63, 3.8) is 0 Å². The molecule has 0 aliphatic heterocycles. The summed E-state index contributed by atoms with van der Waals surface area (Å²) in [5, 5.41) is 14.0. The fourth-order valence-electron chi connectivity index (χ4n) is 2.86. The van der Waals surface area contributed by atoms with Crippen LogP contribution in [-0.4, -0.2) is 16.9 Å². The highest BCUT2D eigenvalue weighted by molar-refractivity contribution is 6.33. The summed E-state index contributed by atoms with van der Waals surface area (Å²) >= 11 is 5.99. The van der Waals surface area contributed by atoms with E-state index in [0.717, 1.165) is 25.7 Å². The molecule has 0 aromatic heterocycles. The second kappa shape index (κ2) is 6.89. The molecule has 1 saturated carbocycles. The van der Waals surface area contributed by atoms with Crippen LogP contribution in [0.2, 0.25) is 5.02 Å². The number of rotatable bonds is 4. The standard InChI is InChI=1S/C15H19ClN2O3/c1-2-10-4-3-5-11(8-10)17-15(19)13-9-12(18(20)21)6-7-14(13)16/h6-7,9-11H,2-5,8H2,1H3,(H,17,19). The van der Waals surface area contributed by atoms with Gasteiger partial charge in [0.2, 0.25) is 0 Å². The number of nitrogens with zero attached hydrogens (tertiary/aromatic N) is 1. The maximum atomic E-state index is 12.3. The number of nitro benzene ring substituents is 1. The van der Waals surface area contributed by atoms with Crippen LogP contribution in [0.25, 0.3) is 0 Å². The maximum absolute atomic E-state index is 12.3. The lowest BCUT2D eigenvalue weighted by Crippen LogP contribution is -2.38. The number of non-ortho nitro benzene ring substituents is 1. The van der Waals surface area contributed by atoms with Gasteiger partial charge in [0.25, 0.3) is 11.6 Å². The first kappa shape index (κ1) is 15.8. The van der Waals surface area contributed by atoms with Gasteiger partial charge in [-0.15, -0.1) is 0 Å². The molecule has 0 radical (unpaired) electrons. The monoisotopic (exact) mass is 310 g/mol. The number of hydrogen-bond donors (Lipinski definition) is 1. The Kier molecular flexibility index (Phi) is 5.17. The molecule has 1 aliphatic carbocycles. The van der Waals surface area contributed by atoms with Crippen molar-refractivity contribution in [3.05, 3.63) is 38.9 Å². The number of amides is 1. The first-order valence-corrected chi connectivity index (χ1v) is 7.63. The van der Waals surface area contributed by atoms with Gasteiger partial charge in [-0.1, -0.05) is 37.8 Å². The number of halogens is 1. The Balaban J connectivity index is 2.09. The molecule has 114 valence electrons. The van der Waals surface area contributed by atoms with E-state index < -0.39 is 4.92 Å². The highest BCUT2D eigenvalue weighted by atomic mass is 35.5. The third-order valence-corrected chi connectivity index (χ3v) is 4.43. The van der Waals surface area contributed by atoms with Crippen molar-refractivity contribution < 1.29 is 9.72 Å². The quantitative estimate of drug-likeness (QED) is 0.676. The van der Waals surface area contributed by atoms with E-state index in [4.69, 9.17) is 11.6 Å². The molecule has 0 saturated heterocycles. The molecule has 0 spiro atoms. The number of nitro groups is 1. The van der Waals surface area contributed by atoms with Gasteiger partial charge >= 0.3 is 0 Å². The average molecular weight is 311 g/mol. The molecule has 2 atom stereocenters. The molecule has 1 aliphatic rings. The Labute approximate surface area is 128 Å². The van der Waals surface area contributed by atoms with Crippen LogP contribution in [0, 0.1) is 16.0 Å². The van der Waals surface area contributed by atoms with Gasteiger partial charge in [-0.3, -0.25) is 14.9 Å². The summed E-state index contributed by atoms with van der Waals surface area (Å²) in [6.07, 6.45) is 5.35. The van der Waals surface area contributed by atoms with Crippen molar-refractivity contribution in [2.75, 3.05) is 0 Å². The van der Waals surface area contributed by atoms with E-state index in [1.165, 1.54) is 24.6 Å². The first-order valence-electron chi connectivity index (χ1n) is 7.26. The second-order valence-electron chi connectivity index (χ2n) is 5.53. The second-order valence-corrected chi connectivity index (χ2v) is 5.94. The van der Waals surface area contributed by atoms with Crippen molar-refractivity contribution >= 4 is 23.2 Å². The average Bonchev–Trinajstić information content (AvgIpc) is 2.47. The van der Waals surface area contributed by atoms with Crippen LogP contribution in [0.4, 0.5) is 5.69 Å². The van der Waals surface area contributed by atoms with Crippen molar-refractivity contribution in [1.29, 1.82) is 0 Å². The Morgan fingerprint density at radius 2 is 2.24 bits per heavy atom. The lowest BCUT2D eigenvalue weighted by Gasteiger charge is -2.29. The fraction of sp³-hybridized carbons (Fsp3) is 0.533. The largest absolute Gasteiger partial charge is 0.349 e. The smallest absolute Gasteiger partial charge is 0.270 e. The topological polar surface area (TPSA) is 72.2 Å². The summed E-state index contributed by atoms with van der Waals surface area (Å²) in [7, 11) is 0. The van der Waals surface area contributed by atoms with Gasteiger partial charge in [-0.2, -0.15) is 0 Å². The molecule has 1 amide bonds. The van der Waals surface area contributed by atoms with E-state index in [2.05, 4.69) is 12.2 Å². The summed E-state index contributed by atoms with van der Waals surface area (Å²) in [6.45, 7) is 2.16. The minimum absolute atomic E-state index is 0.125. The van der Waals surface area contributed by atoms with Crippen LogP contribution in [0.15, 0.2) is 18.2 Å². The van der Waals surface area contributed by atoms with Crippen LogP contribution in [0.5, 0.6) is 0 Å². The van der Waals surface area contributed by atoms with Gasteiger partial charge in [-0.05, 0) is 24.8 Å². The van der Waals surface area contributed by atoms with Gasteiger partial charge in [0.1, 0.15) is 0 Å². The van der Waals surface area contributed by atoms with Gasteiger partial charge in [0.05, 0.1) is 15.5 Å². The molecule has 21 heavy (non-hydrogen) atoms. The van der Waals surface area contributed by atoms with Crippen LogP contribution >= 0.6 is 11.6 Å². The summed E-state index contributed by atoms with van der Waals surface area (Å²) in [5.74, 6) is 0.315. The molecule has 1 N–H and O–H groups in total. The van der Waals surface area contributed by atoms with E-state index >= 15 is 0 Å². The molecule has 2 unspecified atom stereocenters. The lowest BCUT2D eigenvalue weighted by molar-refractivity contribution is -0.384. The highest BCUT2D eigenvalue weighted by Gasteiger charge is 2.24. The SMILES string of the molecule is CCC1CCCC(NC(=O)c2cc([N+](=O)[O-])ccc2Cl)C1. The summed E-state index contributed by atoms with van der Waals surface area (Å²) in [5.41, 5.74) is 0.0455. The predicted molar refractivity (Wildman–Crippen MR) is 81.6 cm³/mol. The molecule has 0 heterocycles. The molecular formula is C15H19ClN2O3. The number of nitrogens with one attached hydrogen (secondary N) is 1. The zero-order valence-electron chi connectivity index (χ0n) is 12.0. The van der Waals surface area contributed by atoms with Gasteiger partial charge < -0.3 is 5.32 Å². The molecular weight excluding hydrogens is 292 g/mol. The van der Waals surface area contributed by atoms with E-state index in [0.29, 0.717) is 5.92 Å². The van der Waals surface area contributed by atoms with Crippen LogP contribution in [-0.2, 0) is 0 Å². The summed E-state index contributed by atoms with van der Waals surface area (Å²) < 4.78 is 0. The van der Waals surface area contributed by atoms with Crippen molar-refractivity contribution in [2.24, 2.45) is 5.92 Å². The molecule has 1 aromatic rings. The Morgan fingerprint density at radius 3 is 2.90 bits per heavy atom. The third kappa shape index (κ3) is 3.94. The summed E-state index contributed by atoms with van der Waals surface area (Å²) in [4.78, 5) is 22.5. The summed E-state index contributed by atoms with van der Waals surface area (Å²) in [6, 6.07) is 4.06. The molecule has 1 aromatic carbocycles. The zero-order chi connectivity index (χ0) is 15.4. The van der Waals surface area contributed by atoms with Gasteiger partial charge in [0.15, 0.2) is 0 Å². The Bertz CT molecular complexity index is 548. The third-order valence-electron chi connectivity index (χ3n) is 4.10. The Morgan fingerprint density at radius 1 is 1.48 bits per heavy atom. The van der Waals surface area contributed by atoms with E-state index in [9.17, 15) is 14.9 Å². The molecule has 6 heteroatoms. The maximum Gasteiger partial charge on any atom is 0.270 e. The normalized spacial score (nSPS) is 21.8. The number of benzene rings is 1. The van der Waals surface area contributed by atoms with Crippen LogP contribution in [0.3, 0.4) is 0 Å². The van der Waals surface area contributed by atoms with Crippen molar-refractivity contribution in [3.8, 4) is 0 Å². The lowest BCUT2D eigenvalue weighted by atomic mass is 9.84. The first-order chi connectivity index (χ1) is 10.0. The highest BCUT2D eigenvalue weighted by Crippen LogP contribution is 2.27. The Hall–Kier alpha value is -1.62. The predicted octanol–water partition coefficient (Wildman–Crippen LogP) is 3.95. The van der Waals surface area contributed by atoms with Crippen LogP contribution < -0.4 is 5.32 Å². The molecule has 2 rings (SSSR count). The van der Waals surface area contributed by atoms with Crippen LogP contribution in [0.1, 0.15) is 49.4 Å². The molecule has 0 bridgehead atoms. The van der Waals surface area contributed by atoms with Gasteiger partial charge in [0, 0.05) is 18.2 Å². The van der Waals surface area contributed by atoms with E-state index in [-0.39, 0.29) is 28.2 Å². The zero-order valence-corrected chi connectivity index (χ0v) is 12.7. The van der Waals surface area contributed by atoms with Crippen molar-refractivity contribution in [1.82, 2.24) is 5.32 Å². The number of carbonyl (C=O) groups is 1. The number of hydrogen-bond acceptors (Lipinski definition) is 3. The van der Waals surface area contributed by atoms with E-state index in [1.54, 1.807) is 0 Å². The fourth-order valence-corrected chi connectivity index (χ4v) is 3.06. The van der Waals surface area contributed by atoms with Gasteiger partial charge in [-0.25, -0.2) is 0 Å². The van der Waals surface area contributed by atoms with Crippen molar-refractivity contribution in [2.45, 2.75) is 45.1 Å². The molecule has 5 nitrogen and oxygen atoms in total. The minimum atomic E-state index is -0.527. The van der Waals surface area contributed by atoms with E-state index in [1.807, 2.05) is 0 Å². The minimum Gasteiger partial charge on any atom is -0.349 e.